The van der Waals surface area contributed by atoms with E-state index in [9.17, 15) is 4.79 Å². The third-order valence-electron chi connectivity index (χ3n) is 3.39. The molecule has 0 aromatic heterocycles. The summed E-state index contributed by atoms with van der Waals surface area (Å²) in [4.78, 5) is 12.4. The van der Waals surface area contributed by atoms with Crippen LogP contribution in [-0.4, -0.2) is 32.3 Å². The van der Waals surface area contributed by atoms with Gasteiger partial charge in [-0.05, 0) is 37.3 Å². The van der Waals surface area contributed by atoms with Crippen molar-refractivity contribution in [3.63, 3.8) is 0 Å². The highest BCUT2D eigenvalue weighted by molar-refractivity contribution is 6.36. The van der Waals surface area contributed by atoms with Gasteiger partial charge in [-0.25, -0.2) is 0 Å². The van der Waals surface area contributed by atoms with Crippen LogP contribution in [0.4, 0.5) is 11.4 Å². The minimum Gasteiger partial charge on any atom is -0.489 e. The highest BCUT2D eigenvalue weighted by Gasteiger charge is 2.16. The van der Waals surface area contributed by atoms with Gasteiger partial charge in [-0.15, -0.1) is 0 Å². The maximum absolute atomic E-state index is 12.4. The van der Waals surface area contributed by atoms with Crippen LogP contribution < -0.4 is 15.4 Å². The summed E-state index contributed by atoms with van der Waals surface area (Å²) in [5.41, 5.74) is 1.23. The van der Waals surface area contributed by atoms with Crippen LogP contribution in [0.5, 0.6) is 5.75 Å². The summed E-state index contributed by atoms with van der Waals surface area (Å²) in [6.45, 7) is 2.67. The smallest absolute Gasteiger partial charge is 0.246 e. The molecule has 0 aliphatic heterocycles. The summed E-state index contributed by atoms with van der Waals surface area (Å²) in [7, 11) is 1.61. The van der Waals surface area contributed by atoms with Gasteiger partial charge in [0.15, 0.2) is 0 Å². The van der Waals surface area contributed by atoms with Gasteiger partial charge in [0.1, 0.15) is 18.4 Å². The molecule has 0 aliphatic carbocycles. The Morgan fingerprint density at radius 2 is 1.88 bits per heavy atom. The van der Waals surface area contributed by atoms with Crippen molar-refractivity contribution in [1.29, 1.82) is 0 Å². The van der Waals surface area contributed by atoms with Crippen molar-refractivity contribution in [2.75, 3.05) is 31.0 Å². The summed E-state index contributed by atoms with van der Waals surface area (Å²) in [5, 5.41) is 6.81. The van der Waals surface area contributed by atoms with Crippen molar-refractivity contribution in [2.45, 2.75) is 13.0 Å². The quantitative estimate of drug-likeness (QED) is 0.661. The lowest BCUT2D eigenvalue weighted by atomic mass is 10.2. The van der Waals surface area contributed by atoms with Gasteiger partial charge in [0.25, 0.3) is 0 Å². The second-order valence-electron chi connectivity index (χ2n) is 5.32. The number of benzene rings is 2. The number of rotatable bonds is 8. The number of anilines is 2. The molecule has 0 saturated carbocycles. The van der Waals surface area contributed by atoms with Gasteiger partial charge in [-0.2, -0.15) is 0 Å². The van der Waals surface area contributed by atoms with E-state index in [0.29, 0.717) is 34.7 Å². The summed E-state index contributed by atoms with van der Waals surface area (Å²) in [6, 6.07) is 11.8. The largest absolute Gasteiger partial charge is 0.489 e. The summed E-state index contributed by atoms with van der Waals surface area (Å²) in [5.74, 6) is 0.430. The van der Waals surface area contributed by atoms with Crippen molar-refractivity contribution in [2.24, 2.45) is 0 Å². The molecule has 0 radical (unpaired) electrons. The number of hydrogen-bond donors (Lipinski definition) is 2. The Morgan fingerprint density at radius 1 is 1.12 bits per heavy atom. The Hall–Kier alpha value is -1.95. The number of amides is 1. The Bertz CT molecular complexity index is 725. The van der Waals surface area contributed by atoms with E-state index in [4.69, 9.17) is 32.7 Å². The molecule has 1 atom stereocenters. The zero-order chi connectivity index (χ0) is 18.2. The van der Waals surface area contributed by atoms with Crippen LogP contribution in [0, 0.1) is 0 Å². The maximum atomic E-state index is 12.4. The van der Waals surface area contributed by atoms with Crippen molar-refractivity contribution in [1.82, 2.24) is 0 Å². The van der Waals surface area contributed by atoms with Crippen LogP contribution in [-0.2, 0) is 9.53 Å². The molecule has 2 N–H and O–H groups in total. The average Bonchev–Trinajstić information content (AvgIpc) is 2.59. The number of carbonyl (C=O) groups is 1. The molecule has 2 aromatic rings. The zero-order valence-corrected chi connectivity index (χ0v) is 15.5. The lowest BCUT2D eigenvalue weighted by molar-refractivity contribution is -0.116. The molecule has 2 aromatic carbocycles. The molecule has 5 nitrogen and oxygen atoms in total. The van der Waals surface area contributed by atoms with Crippen LogP contribution in [0.25, 0.3) is 0 Å². The van der Waals surface area contributed by atoms with Gasteiger partial charge < -0.3 is 20.1 Å². The standard InChI is InChI=1S/C18H20Cl2N2O3/c1-12(18(23)22-15-8-7-13(19)11-14(15)20)21-16-5-3-4-6-17(16)25-10-9-24-2/h3-8,11-12,21H,9-10H2,1-2H3,(H,22,23)/t12-/m0/s1. The Labute approximate surface area is 157 Å². The van der Waals surface area contributed by atoms with E-state index in [0.717, 1.165) is 5.69 Å². The Kier molecular flexibility index (Phi) is 7.37. The lowest BCUT2D eigenvalue weighted by Gasteiger charge is -2.18. The minimum absolute atomic E-state index is 0.226. The van der Waals surface area contributed by atoms with Gasteiger partial charge in [0.05, 0.1) is 23.0 Å². The normalized spacial score (nSPS) is 11.7. The predicted molar refractivity (Wildman–Crippen MR) is 102 cm³/mol. The molecule has 2 rings (SSSR count). The lowest BCUT2D eigenvalue weighted by Crippen LogP contribution is -2.32. The van der Waals surface area contributed by atoms with E-state index in [1.54, 1.807) is 32.2 Å². The molecule has 0 aliphatic rings. The number of nitrogens with one attached hydrogen (secondary N) is 2. The summed E-state index contributed by atoms with van der Waals surface area (Å²) in [6.07, 6.45) is 0. The molecule has 0 fully saturated rings. The Morgan fingerprint density at radius 3 is 2.60 bits per heavy atom. The van der Waals surface area contributed by atoms with Gasteiger partial charge in [0.2, 0.25) is 5.91 Å². The second kappa shape index (κ2) is 9.51. The molecule has 0 heterocycles. The van der Waals surface area contributed by atoms with E-state index in [-0.39, 0.29) is 5.91 Å². The number of hydrogen-bond acceptors (Lipinski definition) is 4. The SMILES string of the molecule is COCCOc1ccccc1N[C@@H](C)C(=O)Nc1ccc(Cl)cc1Cl. The van der Waals surface area contributed by atoms with Crippen molar-refractivity contribution in [3.8, 4) is 5.75 Å². The van der Waals surface area contributed by atoms with E-state index < -0.39 is 6.04 Å². The molecule has 7 heteroatoms. The zero-order valence-electron chi connectivity index (χ0n) is 14.0. The molecule has 0 spiro atoms. The number of ether oxygens (including phenoxy) is 2. The van der Waals surface area contributed by atoms with E-state index in [1.165, 1.54) is 0 Å². The first-order chi connectivity index (χ1) is 12.0. The van der Waals surface area contributed by atoms with Crippen LogP contribution >= 0.6 is 23.2 Å². The topological polar surface area (TPSA) is 59.6 Å². The number of carbonyl (C=O) groups excluding carboxylic acids is 1. The fraction of sp³-hybridized carbons (Fsp3) is 0.278. The molecule has 0 unspecified atom stereocenters. The summed E-state index contributed by atoms with van der Waals surface area (Å²) >= 11 is 11.9. The minimum atomic E-state index is -0.501. The van der Waals surface area contributed by atoms with Crippen LogP contribution in [0.15, 0.2) is 42.5 Å². The first-order valence-electron chi connectivity index (χ1n) is 7.74. The molecule has 0 bridgehead atoms. The second-order valence-corrected chi connectivity index (χ2v) is 6.16. The molecule has 0 saturated heterocycles. The number of para-hydroxylation sites is 2. The molecule has 1 amide bonds. The highest BCUT2D eigenvalue weighted by atomic mass is 35.5. The van der Waals surface area contributed by atoms with Crippen LogP contribution in [0.2, 0.25) is 10.0 Å². The first-order valence-corrected chi connectivity index (χ1v) is 8.50. The van der Waals surface area contributed by atoms with Crippen molar-refractivity contribution in [3.05, 3.63) is 52.5 Å². The fourth-order valence-corrected chi connectivity index (χ4v) is 2.53. The predicted octanol–water partition coefficient (Wildman–Crippen LogP) is 4.46. The van der Waals surface area contributed by atoms with Crippen LogP contribution in [0.1, 0.15) is 6.92 Å². The third-order valence-corrected chi connectivity index (χ3v) is 3.93. The van der Waals surface area contributed by atoms with Crippen molar-refractivity contribution >= 4 is 40.5 Å². The van der Waals surface area contributed by atoms with Gasteiger partial charge >= 0.3 is 0 Å². The first kappa shape index (κ1) is 19.4. The monoisotopic (exact) mass is 382 g/mol. The molecular formula is C18H20Cl2N2O3. The van der Waals surface area contributed by atoms with Crippen LogP contribution in [0.3, 0.4) is 0 Å². The van der Waals surface area contributed by atoms with Gasteiger partial charge in [-0.1, -0.05) is 35.3 Å². The average molecular weight is 383 g/mol. The Balaban J connectivity index is 2.01. The third kappa shape index (κ3) is 5.81. The van der Waals surface area contributed by atoms with Gasteiger partial charge in [-0.3, -0.25) is 4.79 Å². The van der Waals surface area contributed by atoms with Crippen molar-refractivity contribution < 1.29 is 14.3 Å². The molecule has 134 valence electrons. The molecule has 25 heavy (non-hydrogen) atoms. The van der Waals surface area contributed by atoms with E-state index >= 15 is 0 Å². The number of halogens is 2. The molecular weight excluding hydrogens is 363 g/mol. The number of methoxy groups -OCH3 is 1. The van der Waals surface area contributed by atoms with E-state index in [2.05, 4.69) is 10.6 Å². The van der Waals surface area contributed by atoms with E-state index in [1.807, 2.05) is 24.3 Å². The summed E-state index contributed by atoms with van der Waals surface area (Å²) < 4.78 is 10.6. The maximum Gasteiger partial charge on any atom is 0.246 e. The highest BCUT2D eigenvalue weighted by Crippen LogP contribution is 2.27. The van der Waals surface area contributed by atoms with Gasteiger partial charge in [0, 0.05) is 12.1 Å². The fourth-order valence-electron chi connectivity index (χ4n) is 2.08.